The number of hydrogen-bond acceptors (Lipinski definition) is 3. The molecule has 0 amide bonds. The second kappa shape index (κ2) is 6.00. The lowest BCUT2D eigenvalue weighted by molar-refractivity contribution is 0.0601. The summed E-state index contributed by atoms with van der Waals surface area (Å²) in [6.07, 6.45) is 0. The maximum absolute atomic E-state index is 13.2. The molecular formula is C15H14FNO2. The monoisotopic (exact) mass is 259 g/mol. The predicted molar refractivity (Wildman–Crippen MR) is 71.5 cm³/mol. The Bertz CT molecular complexity index is 570. The number of halogens is 1. The zero-order chi connectivity index (χ0) is 13.7. The van der Waals surface area contributed by atoms with Gasteiger partial charge in [0.05, 0.1) is 12.7 Å². The summed E-state index contributed by atoms with van der Waals surface area (Å²) in [5.41, 5.74) is 1.82. The molecule has 0 bridgehead atoms. The van der Waals surface area contributed by atoms with Crippen molar-refractivity contribution < 1.29 is 13.9 Å². The number of anilines is 1. The molecule has 0 aliphatic heterocycles. The quantitative estimate of drug-likeness (QED) is 0.857. The van der Waals surface area contributed by atoms with Gasteiger partial charge in [0.25, 0.3) is 0 Å². The van der Waals surface area contributed by atoms with Crippen LogP contribution in [0.2, 0.25) is 0 Å². The second-order valence-corrected chi connectivity index (χ2v) is 4.02. The average Bonchev–Trinajstić information content (AvgIpc) is 2.46. The van der Waals surface area contributed by atoms with Gasteiger partial charge in [-0.05, 0) is 23.8 Å². The first kappa shape index (κ1) is 13.1. The molecule has 0 radical (unpaired) electrons. The molecule has 0 fully saturated rings. The number of nitrogens with one attached hydrogen (secondary N) is 1. The van der Waals surface area contributed by atoms with E-state index in [0.717, 1.165) is 5.56 Å². The number of carbonyl (C=O) groups excluding carboxylic acids is 1. The van der Waals surface area contributed by atoms with Gasteiger partial charge in [0.1, 0.15) is 5.82 Å². The Hall–Kier alpha value is -2.36. The van der Waals surface area contributed by atoms with E-state index >= 15 is 0 Å². The van der Waals surface area contributed by atoms with Crippen LogP contribution in [-0.2, 0) is 11.3 Å². The van der Waals surface area contributed by atoms with Crippen molar-refractivity contribution in [3.05, 3.63) is 65.5 Å². The van der Waals surface area contributed by atoms with Crippen LogP contribution in [0.4, 0.5) is 10.1 Å². The Morgan fingerprint density at radius 1 is 1.21 bits per heavy atom. The zero-order valence-corrected chi connectivity index (χ0v) is 10.5. The van der Waals surface area contributed by atoms with Gasteiger partial charge in [0.15, 0.2) is 0 Å². The van der Waals surface area contributed by atoms with Gasteiger partial charge in [-0.25, -0.2) is 9.18 Å². The van der Waals surface area contributed by atoms with Gasteiger partial charge in [-0.3, -0.25) is 0 Å². The molecule has 2 aromatic rings. The summed E-state index contributed by atoms with van der Waals surface area (Å²) in [4.78, 5) is 11.6. The standard InChI is InChI=1S/C15H14FNO2/c1-19-15(18)13-9-12(16)7-8-14(13)17-10-11-5-3-2-4-6-11/h2-9,17H,10H2,1H3. The van der Waals surface area contributed by atoms with E-state index < -0.39 is 11.8 Å². The zero-order valence-electron chi connectivity index (χ0n) is 10.5. The van der Waals surface area contributed by atoms with E-state index in [-0.39, 0.29) is 5.56 Å². The summed E-state index contributed by atoms with van der Waals surface area (Å²) in [6.45, 7) is 0.552. The van der Waals surface area contributed by atoms with Crippen molar-refractivity contribution in [1.29, 1.82) is 0 Å². The van der Waals surface area contributed by atoms with E-state index in [9.17, 15) is 9.18 Å². The van der Waals surface area contributed by atoms with Gasteiger partial charge in [-0.2, -0.15) is 0 Å². The summed E-state index contributed by atoms with van der Waals surface area (Å²) in [5.74, 6) is -1.03. The van der Waals surface area contributed by atoms with Crippen molar-refractivity contribution in [2.45, 2.75) is 6.54 Å². The first-order valence-corrected chi connectivity index (χ1v) is 5.86. The van der Waals surface area contributed by atoms with Crippen LogP contribution >= 0.6 is 0 Å². The Labute approximate surface area is 111 Å². The van der Waals surface area contributed by atoms with Crippen molar-refractivity contribution >= 4 is 11.7 Å². The summed E-state index contributed by atoms with van der Waals surface area (Å²) < 4.78 is 17.8. The van der Waals surface area contributed by atoms with E-state index in [0.29, 0.717) is 12.2 Å². The van der Waals surface area contributed by atoms with E-state index in [1.54, 1.807) is 0 Å². The lowest BCUT2D eigenvalue weighted by Gasteiger charge is -2.11. The first-order valence-electron chi connectivity index (χ1n) is 5.86. The average molecular weight is 259 g/mol. The third kappa shape index (κ3) is 3.31. The molecule has 0 saturated carbocycles. The maximum atomic E-state index is 13.2. The predicted octanol–water partition coefficient (Wildman–Crippen LogP) is 3.22. The molecule has 0 aliphatic carbocycles. The van der Waals surface area contributed by atoms with E-state index in [4.69, 9.17) is 0 Å². The molecule has 98 valence electrons. The third-order valence-electron chi connectivity index (χ3n) is 2.71. The van der Waals surface area contributed by atoms with Crippen molar-refractivity contribution in [2.75, 3.05) is 12.4 Å². The van der Waals surface area contributed by atoms with Gasteiger partial charge in [0, 0.05) is 12.2 Å². The third-order valence-corrected chi connectivity index (χ3v) is 2.71. The van der Waals surface area contributed by atoms with E-state index in [2.05, 4.69) is 10.1 Å². The Kier molecular flexibility index (Phi) is 4.13. The number of ether oxygens (including phenoxy) is 1. The highest BCUT2D eigenvalue weighted by Crippen LogP contribution is 2.19. The minimum atomic E-state index is -0.560. The minimum absolute atomic E-state index is 0.193. The van der Waals surface area contributed by atoms with Crippen molar-refractivity contribution in [1.82, 2.24) is 0 Å². The number of esters is 1. The lowest BCUT2D eigenvalue weighted by Crippen LogP contribution is -2.08. The molecule has 0 spiro atoms. The highest BCUT2D eigenvalue weighted by molar-refractivity contribution is 5.95. The van der Waals surface area contributed by atoms with Gasteiger partial charge >= 0.3 is 5.97 Å². The number of benzene rings is 2. The Balaban J connectivity index is 2.18. The topological polar surface area (TPSA) is 38.3 Å². The molecule has 3 nitrogen and oxygen atoms in total. The fourth-order valence-electron chi connectivity index (χ4n) is 1.74. The molecule has 19 heavy (non-hydrogen) atoms. The van der Waals surface area contributed by atoms with Crippen LogP contribution < -0.4 is 5.32 Å². The molecule has 0 unspecified atom stereocenters. The van der Waals surface area contributed by atoms with Crippen molar-refractivity contribution in [3.63, 3.8) is 0 Å². The van der Waals surface area contributed by atoms with Gasteiger partial charge < -0.3 is 10.1 Å². The molecule has 2 aromatic carbocycles. The molecule has 2 rings (SSSR count). The molecular weight excluding hydrogens is 245 g/mol. The smallest absolute Gasteiger partial charge is 0.340 e. The molecule has 0 atom stereocenters. The fraction of sp³-hybridized carbons (Fsp3) is 0.133. The van der Waals surface area contributed by atoms with Crippen LogP contribution in [0.5, 0.6) is 0 Å². The summed E-state index contributed by atoms with van der Waals surface area (Å²) >= 11 is 0. The number of carbonyl (C=O) groups is 1. The highest BCUT2D eigenvalue weighted by atomic mass is 19.1. The summed E-state index contributed by atoms with van der Waals surface area (Å²) in [5, 5.41) is 3.10. The van der Waals surface area contributed by atoms with E-state index in [1.807, 2.05) is 30.3 Å². The molecule has 0 saturated heterocycles. The SMILES string of the molecule is COC(=O)c1cc(F)ccc1NCc1ccccc1. The minimum Gasteiger partial charge on any atom is -0.465 e. The van der Waals surface area contributed by atoms with Gasteiger partial charge in [-0.1, -0.05) is 30.3 Å². The van der Waals surface area contributed by atoms with Crippen LogP contribution in [0.15, 0.2) is 48.5 Å². The Morgan fingerprint density at radius 2 is 1.95 bits per heavy atom. The largest absolute Gasteiger partial charge is 0.465 e. The molecule has 0 aliphatic rings. The van der Waals surface area contributed by atoms with Gasteiger partial charge in [0.2, 0.25) is 0 Å². The summed E-state index contributed by atoms with van der Waals surface area (Å²) in [7, 11) is 1.27. The van der Waals surface area contributed by atoms with E-state index in [1.165, 1.54) is 25.3 Å². The first-order chi connectivity index (χ1) is 9.20. The number of hydrogen-bond donors (Lipinski definition) is 1. The fourth-order valence-corrected chi connectivity index (χ4v) is 1.74. The van der Waals surface area contributed by atoms with Crippen LogP contribution in [0.1, 0.15) is 15.9 Å². The van der Waals surface area contributed by atoms with Gasteiger partial charge in [-0.15, -0.1) is 0 Å². The molecule has 4 heteroatoms. The van der Waals surface area contributed by atoms with Crippen LogP contribution in [0.25, 0.3) is 0 Å². The molecule has 0 heterocycles. The summed E-state index contributed by atoms with van der Waals surface area (Å²) in [6, 6.07) is 13.7. The number of rotatable bonds is 4. The van der Waals surface area contributed by atoms with Crippen LogP contribution in [0.3, 0.4) is 0 Å². The van der Waals surface area contributed by atoms with Crippen LogP contribution in [0, 0.1) is 5.82 Å². The maximum Gasteiger partial charge on any atom is 0.340 e. The second-order valence-electron chi connectivity index (χ2n) is 4.02. The lowest BCUT2D eigenvalue weighted by atomic mass is 10.1. The normalized spacial score (nSPS) is 10.0. The molecule has 1 N–H and O–H groups in total. The van der Waals surface area contributed by atoms with Crippen LogP contribution in [-0.4, -0.2) is 13.1 Å². The Morgan fingerprint density at radius 3 is 2.63 bits per heavy atom. The molecule has 0 aromatic heterocycles. The highest BCUT2D eigenvalue weighted by Gasteiger charge is 2.12. The van der Waals surface area contributed by atoms with Crippen molar-refractivity contribution in [2.24, 2.45) is 0 Å². The van der Waals surface area contributed by atoms with Crippen molar-refractivity contribution in [3.8, 4) is 0 Å². The number of methoxy groups -OCH3 is 1.